The number of aromatic nitrogens is 2. The fourth-order valence-corrected chi connectivity index (χ4v) is 1.89. The van der Waals surface area contributed by atoms with Crippen LogP contribution in [0, 0.1) is 25.2 Å². The highest BCUT2D eigenvalue weighted by Gasteiger charge is 2.25. The molecule has 0 aromatic carbocycles. The van der Waals surface area contributed by atoms with Crippen LogP contribution in [0.5, 0.6) is 0 Å². The highest BCUT2D eigenvalue weighted by molar-refractivity contribution is 5.58. The number of rotatable bonds is 1. The molecular weight excluding hydrogens is 204 g/mol. The zero-order chi connectivity index (χ0) is 11.7. The molecule has 0 amide bonds. The van der Waals surface area contributed by atoms with Gasteiger partial charge in [0.2, 0.25) is 0 Å². The van der Waals surface area contributed by atoms with Crippen molar-refractivity contribution in [1.29, 1.82) is 5.26 Å². The molecule has 5 nitrogen and oxygen atoms in total. The van der Waals surface area contributed by atoms with Gasteiger partial charge in [-0.05, 0) is 25.8 Å². The summed E-state index contributed by atoms with van der Waals surface area (Å²) in [4.78, 5) is 1.92. The first-order valence-corrected chi connectivity index (χ1v) is 5.30. The quantitative estimate of drug-likeness (QED) is 0.744. The minimum Gasteiger partial charge on any atom is -0.391 e. The summed E-state index contributed by atoms with van der Waals surface area (Å²) in [7, 11) is 0. The summed E-state index contributed by atoms with van der Waals surface area (Å²) in [5.74, 6) is 0.599. The number of nitriles is 1. The van der Waals surface area contributed by atoms with E-state index in [9.17, 15) is 5.11 Å². The Bertz CT molecular complexity index is 452. The monoisotopic (exact) mass is 218 g/mol. The predicted molar refractivity (Wildman–Crippen MR) is 59.1 cm³/mol. The summed E-state index contributed by atoms with van der Waals surface area (Å²) >= 11 is 0. The summed E-state index contributed by atoms with van der Waals surface area (Å²) < 4.78 is 0. The van der Waals surface area contributed by atoms with Crippen molar-refractivity contribution in [2.24, 2.45) is 0 Å². The third-order valence-electron chi connectivity index (χ3n) is 3.01. The molecule has 0 radical (unpaired) electrons. The van der Waals surface area contributed by atoms with Crippen LogP contribution in [0.3, 0.4) is 0 Å². The minimum absolute atomic E-state index is 0.324. The van der Waals surface area contributed by atoms with E-state index in [1.807, 2.05) is 18.7 Å². The minimum atomic E-state index is -0.324. The average Bonchev–Trinajstić information content (AvgIpc) is 2.68. The van der Waals surface area contributed by atoms with E-state index in [1.54, 1.807) is 0 Å². The van der Waals surface area contributed by atoms with Crippen molar-refractivity contribution in [3.63, 3.8) is 0 Å². The van der Waals surface area contributed by atoms with E-state index in [0.29, 0.717) is 17.9 Å². The summed E-state index contributed by atoms with van der Waals surface area (Å²) in [6.07, 6.45) is 0.398. The largest absolute Gasteiger partial charge is 0.391 e. The molecule has 0 bridgehead atoms. The summed E-state index contributed by atoms with van der Waals surface area (Å²) in [5, 5.41) is 26.7. The van der Waals surface area contributed by atoms with Gasteiger partial charge < -0.3 is 10.0 Å². The van der Waals surface area contributed by atoms with Gasteiger partial charge >= 0.3 is 0 Å². The van der Waals surface area contributed by atoms with E-state index in [0.717, 1.165) is 24.2 Å². The second-order valence-electron chi connectivity index (χ2n) is 4.11. The first-order valence-electron chi connectivity index (χ1n) is 5.30. The van der Waals surface area contributed by atoms with E-state index in [4.69, 9.17) is 5.26 Å². The molecular formula is C11H14N4O. The van der Waals surface area contributed by atoms with Crippen molar-refractivity contribution >= 4 is 5.82 Å². The summed E-state index contributed by atoms with van der Waals surface area (Å²) in [5.41, 5.74) is 2.22. The average molecular weight is 218 g/mol. The maximum absolute atomic E-state index is 9.48. The van der Waals surface area contributed by atoms with Crippen molar-refractivity contribution in [1.82, 2.24) is 10.2 Å². The molecule has 2 heterocycles. The fourth-order valence-electron chi connectivity index (χ4n) is 1.89. The first kappa shape index (κ1) is 10.8. The second kappa shape index (κ2) is 4.06. The molecule has 1 N–H and O–H groups in total. The molecule has 1 aliphatic rings. The van der Waals surface area contributed by atoms with E-state index in [2.05, 4.69) is 16.3 Å². The highest BCUT2D eigenvalue weighted by Crippen LogP contribution is 2.24. The Morgan fingerprint density at radius 2 is 2.19 bits per heavy atom. The lowest BCUT2D eigenvalue weighted by atomic mass is 10.1. The van der Waals surface area contributed by atoms with Gasteiger partial charge in [-0.15, -0.1) is 5.10 Å². The molecule has 5 heteroatoms. The summed E-state index contributed by atoms with van der Waals surface area (Å²) in [6, 6.07) is 2.17. The molecule has 1 aromatic rings. The van der Waals surface area contributed by atoms with E-state index in [1.165, 1.54) is 0 Å². The van der Waals surface area contributed by atoms with Crippen LogP contribution in [-0.2, 0) is 0 Å². The van der Waals surface area contributed by atoms with Crippen LogP contribution >= 0.6 is 0 Å². The zero-order valence-electron chi connectivity index (χ0n) is 9.43. The Morgan fingerprint density at radius 3 is 2.75 bits per heavy atom. The maximum Gasteiger partial charge on any atom is 0.169 e. The zero-order valence-corrected chi connectivity index (χ0v) is 9.43. The van der Waals surface area contributed by atoms with Gasteiger partial charge in [-0.2, -0.15) is 10.4 Å². The van der Waals surface area contributed by atoms with Crippen molar-refractivity contribution in [3.05, 3.63) is 16.8 Å². The van der Waals surface area contributed by atoms with Crippen LogP contribution in [0.4, 0.5) is 5.82 Å². The molecule has 0 saturated carbocycles. The molecule has 1 saturated heterocycles. The Labute approximate surface area is 94.3 Å². The van der Waals surface area contributed by atoms with Gasteiger partial charge in [0.15, 0.2) is 5.82 Å². The molecule has 2 rings (SSSR count). The predicted octanol–water partition coefficient (Wildman–Crippen LogP) is 0.536. The molecule has 1 aliphatic heterocycles. The van der Waals surface area contributed by atoms with Gasteiger partial charge in [-0.1, -0.05) is 0 Å². The molecule has 0 aliphatic carbocycles. The van der Waals surface area contributed by atoms with E-state index >= 15 is 0 Å². The Kier molecular flexibility index (Phi) is 2.75. The van der Waals surface area contributed by atoms with Gasteiger partial charge in [0.1, 0.15) is 11.6 Å². The van der Waals surface area contributed by atoms with Crippen LogP contribution in [-0.4, -0.2) is 34.5 Å². The molecule has 0 spiro atoms. The van der Waals surface area contributed by atoms with Crippen molar-refractivity contribution < 1.29 is 5.11 Å². The number of aliphatic hydroxyl groups excluding tert-OH is 1. The Morgan fingerprint density at radius 1 is 1.44 bits per heavy atom. The third kappa shape index (κ3) is 1.72. The smallest absolute Gasteiger partial charge is 0.169 e. The molecule has 1 atom stereocenters. The van der Waals surface area contributed by atoms with Crippen LogP contribution < -0.4 is 4.90 Å². The number of β-amino-alcohol motifs (C(OH)–C–C–N with tert-alkyl or cyclic N) is 1. The lowest BCUT2D eigenvalue weighted by Gasteiger charge is -2.18. The number of hydrogen-bond acceptors (Lipinski definition) is 5. The molecule has 1 aromatic heterocycles. The Hall–Kier alpha value is -1.67. The molecule has 1 unspecified atom stereocenters. The highest BCUT2D eigenvalue weighted by atomic mass is 16.3. The van der Waals surface area contributed by atoms with Crippen LogP contribution in [0.1, 0.15) is 23.2 Å². The maximum atomic E-state index is 9.48. The van der Waals surface area contributed by atoms with Gasteiger partial charge in [0, 0.05) is 13.1 Å². The van der Waals surface area contributed by atoms with Crippen molar-refractivity contribution in [3.8, 4) is 6.07 Å². The van der Waals surface area contributed by atoms with Gasteiger partial charge in [0.25, 0.3) is 0 Å². The number of anilines is 1. The molecule has 84 valence electrons. The van der Waals surface area contributed by atoms with E-state index < -0.39 is 0 Å². The normalized spacial score (nSPS) is 19.9. The first-order chi connectivity index (χ1) is 7.63. The molecule has 1 fully saturated rings. The molecule has 16 heavy (non-hydrogen) atoms. The SMILES string of the molecule is Cc1nnc(N2CCC(O)C2)c(C#N)c1C. The lowest BCUT2D eigenvalue weighted by molar-refractivity contribution is 0.198. The van der Waals surface area contributed by atoms with Crippen molar-refractivity contribution in [2.75, 3.05) is 18.0 Å². The van der Waals surface area contributed by atoms with Gasteiger partial charge in [-0.3, -0.25) is 0 Å². The number of hydrogen-bond donors (Lipinski definition) is 1. The fraction of sp³-hybridized carbons (Fsp3) is 0.545. The third-order valence-corrected chi connectivity index (χ3v) is 3.01. The lowest BCUT2D eigenvalue weighted by Crippen LogP contribution is -2.24. The second-order valence-corrected chi connectivity index (χ2v) is 4.11. The van der Waals surface area contributed by atoms with E-state index in [-0.39, 0.29) is 6.10 Å². The van der Waals surface area contributed by atoms with Crippen LogP contribution in [0.25, 0.3) is 0 Å². The number of aliphatic hydroxyl groups is 1. The van der Waals surface area contributed by atoms with Gasteiger partial charge in [-0.25, -0.2) is 0 Å². The number of nitrogens with zero attached hydrogens (tertiary/aromatic N) is 4. The number of aryl methyl sites for hydroxylation is 1. The van der Waals surface area contributed by atoms with Gasteiger partial charge in [0.05, 0.1) is 11.8 Å². The summed E-state index contributed by atoms with van der Waals surface area (Å²) in [6.45, 7) is 4.98. The van der Waals surface area contributed by atoms with Crippen molar-refractivity contribution in [2.45, 2.75) is 26.4 Å². The van der Waals surface area contributed by atoms with Crippen LogP contribution in [0.2, 0.25) is 0 Å². The Balaban J connectivity index is 2.42. The topological polar surface area (TPSA) is 73.0 Å². The van der Waals surface area contributed by atoms with Crippen LogP contribution in [0.15, 0.2) is 0 Å². The standard InChI is InChI=1S/C11H14N4O/c1-7-8(2)13-14-11(10(7)5-12)15-4-3-9(16)6-15/h9,16H,3-4,6H2,1-2H3.